The topological polar surface area (TPSA) is 54.0 Å². The first-order chi connectivity index (χ1) is 12.7. The van der Waals surface area contributed by atoms with E-state index in [1.165, 1.54) is 12.1 Å². The molecule has 0 saturated heterocycles. The van der Waals surface area contributed by atoms with E-state index in [-0.39, 0.29) is 11.7 Å². The molecule has 4 nitrogen and oxygen atoms in total. The lowest BCUT2D eigenvalue weighted by Crippen LogP contribution is -2.22. The van der Waals surface area contributed by atoms with Crippen LogP contribution in [0.15, 0.2) is 72.9 Å². The van der Waals surface area contributed by atoms with E-state index in [1.807, 2.05) is 30.3 Å². The average Bonchev–Trinajstić information content (AvgIpc) is 2.69. The number of hydrogen-bond donors (Lipinski definition) is 2. The van der Waals surface area contributed by atoms with Crippen LogP contribution in [0.5, 0.6) is 0 Å². The Bertz CT molecular complexity index is 833. The molecule has 0 fully saturated rings. The number of anilines is 1. The van der Waals surface area contributed by atoms with E-state index in [9.17, 15) is 9.18 Å². The number of rotatable bonds is 7. The predicted octanol–water partition coefficient (Wildman–Crippen LogP) is 3.81. The minimum absolute atomic E-state index is 0.154. The third-order valence-corrected chi connectivity index (χ3v) is 3.95. The van der Waals surface area contributed by atoms with Crippen molar-refractivity contribution in [2.75, 3.05) is 11.9 Å². The van der Waals surface area contributed by atoms with Gasteiger partial charge in [0.1, 0.15) is 11.6 Å². The van der Waals surface area contributed by atoms with Crippen LogP contribution in [0, 0.1) is 5.82 Å². The standard InChI is InChI=1S/C21H20FN3O/c22-19-9-6-16(7-10-19)12-13-23-20-11-8-18(15-24-20)21(26)25-14-17-4-2-1-3-5-17/h1-11,15H,12-14H2,(H,23,24)(H,25,26). The van der Waals surface area contributed by atoms with Gasteiger partial charge < -0.3 is 10.6 Å². The van der Waals surface area contributed by atoms with Crippen molar-refractivity contribution in [2.24, 2.45) is 0 Å². The minimum Gasteiger partial charge on any atom is -0.370 e. The van der Waals surface area contributed by atoms with Crippen LogP contribution in [0.2, 0.25) is 0 Å². The fourth-order valence-electron chi connectivity index (χ4n) is 2.50. The molecule has 0 unspecified atom stereocenters. The van der Waals surface area contributed by atoms with Crippen molar-refractivity contribution in [3.05, 3.63) is 95.4 Å². The zero-order valence-corrected chi connectivity index (χ0v) is 14.3. The highest BCUT2D eigenvalue weighted by Crippen LogP contribution is 2.08. The number of hydrogen-bond acceptors (Lipinski definition) is 3. The lowest BCUT2D eigenvalue weighted by atomic mass is 10.1. The third-order valence-electron chi connectivity index (χ3n) is 3.95. The number of carbonyl (C=O) groups excluding carboxylic acids is 1. The van der Waals surface area contributed by atoms with Gasteiger partial charge in [0.15, 0.2) is 0 Å². The molecule has 1 amide bonds. The summed E-state index contributed by atoms with van der Waals surface area (Å²) in [6.45, 7) is 1.16. The fraction of sp³-hybridized carbons (Fsp3) is 0.143. The summed E-state index contributed by atoms with van der Waals surface area (Å²) in [5.74, 6) is 0.315. The van der Waals surface area contributed by atoms with Gasteiger partial charge in [0, 0.05) is 19.3 Å². The van der Waals surface area contributed by atoms with E-state index >= 15 is 0 Å². The second kappa shape index (κ2) is 8.76. The summed E-state index contributed by atoms with van der Waals surface area (Å²) in [5.41, 5.74) is 2.62. The summed E-state index contributed by atoms with van der Waals surface area (Å²) in [7, 11) is 0. The lowest BCUT2D eigenvalue weighted by molar-refractivity contribution is 0.0950. The first-order valence-electron chi connectivity index (χ1n) is 8.47. The molecule has 1 aromatic heterocycles. The SMILES string of the molecule is O=C(NCc1ccccc1)c1ccc(NCCc2ccc(F)cc2)nc1. The Hall–Kier alpha value is -3.21. The van der Waals surface area contributed by atoms with Crippen molar-refractivity contribution in [3.63, 3.8) is 0 Å². The van der Waals surface area contributed by atoms with E-state index in [1.54, 1.807) is 30.5 Å². The molecule has 0 radical (unpaired) electrons. The van der Waals surface area contributed by atoms with E-state index < -0.39 is 0 Å². The van der Waals surface area contributed by atoms with Gasteiger partial charge in [-0.3, -0.25) is 4.79 Å². The molecule has 26 heavy (non-hydrogen) atoms. The molecule has 0 atom stereocenters. The summed E-state index contributed by atoms with van der Waals surface area (Å²) in [5, 5.41) is 6.07. The highest BCUT2D eigenvalue weighted by Gasteiger charge is 2.06. The summed E-state index contributed by atoms with van der Waals surface area (Å²) in [6.07, 6.45) is 2.32. The normalized spacial score (nSPS) is 10.3. The summed E-state index contributed by atoms with van der Waals surface area (Å²) < 4.78 is 12.9. The zero-order valence-electron chi connectivity index (χ0n) is 14.3. The molecule has 0 saturated carbocycles. The largest absolute Gasteiger partial charge is 0.370 e. The van der Waals surface area contributed by atoms with Gasteiger partial charge in [-0.15, -0.1) is 0 Å². The second-order valence-corrected chi connectivity index (χ2v) is 5.90. The van der Waals surface area contributed by atoms with Gasteiger partial charge in [-0.1, -0.05) is 42.5 Å². The van der Waals surface area contributed by atoms with Crippen molar-refractivity contribution in [1.82, 2.24) is 10.3 Å². The van der Waals surface area contributed by atoms with Crippen molar-refractivity contribution in [2.45, 2.75) is 13.0 Å². The molecular formula is C21H20FN3O. The summed E-state index contributed by atoms with van der Waals surface area (Å²) in [6, 6.07) is 19.7. The third kappa shape index (κ3) is 5.14. The molecule has 0 spiro atoms. The van der Waals surface area contributed by atoms with Gasteiger partial charge in [-0.25, -0.2) is 9.37 Å². The first-order valence-corrected chi connectivity index (χ1v) is 8.47. The van der Waals surface area contributed by atoms with E-state index in [4.69, 9.17) is 0 Å². The monoisotopic (exact) mass is 349 g/mol. The number of carbonyl (C=O) groups is 1. The second-order valence-electron chi connectivity index (χ2n) is 5.90. The summed E-state index contributed by atoms with van der Waals surface area (Å²) in [4.78, 5) is 16.4. The van der Waals surface area contributed by atoms with Crippen LogP contribution in [0.3, 0.4) is 0 Å². The highest BCUT2D eigenvalue weighted by atomic mass is 19.1. The van der Waals surface area contributed by atoms with Crippen molar-refractivity contribution in [3.8, 4) is 0 Å². The number of nitrogens with zero attached hydrogens (tertiary/aromatic N) is 1. The smallest absolute Gasteiger partial charge is 0.253 e. The Morgan fingerprint density at radius 3 is 2.38 bits per heavy atom. The quantitative estimate of drug-likeness (QED) is 0.682. The van der Waals surface area contributed by atoms with Crippen LogP contribution >= 0.6 is 0 Å². The van der Waals surface area contributed by atoms with Crippen molar-refractivity contribution in [1.29, 1.82) is 0 Å². The van der Waals surface area contributed by atoms with E-state index in [2.05, 4.69) is 15.6 Å². The number of halogens is 1. The van der Waals surface area contributed by atoms with Crippen molar-refractivity contribution >= 4 is 11.7 Å². The lowest BCUT2D eigenvalue weighted by Gasteiger charge is -2.08. The molecule has 2 N–H and O–H groups in total. The zero-order chi connectivity index (χ0) is 18.2. The average molecular weight is 349 g/mol. The van der Waals surface area contributed by atoms with Crippen LogP contribution in [0.1, 0.15) is 21.5 Å². The Kier molecular flexibility index (Phi) is 5.93. The van der Waals surface area contributed by atoms with Crippen LogP contribution < -0.4 is 10.6 Å². The molecule has 2 aromatic carbocycles. The van der Waals surface area contributed by atoms with Crippen molar-refractivity contribution < 1.29 is 9.18 Å². The first kappa shape index (κ1) is 17.6. The Labute approximate surface area is 152 Å². The van der Waals surface area contributed by atoms with Gasteiger partial charge in [0.05, 0.1) is 5.56 Å². The Balaban J connectivity index is 1.46. The highest BCUT2D eigenvalue weighted by molar-refractivity contribution is 5.93. The van der Waals surface area contributed by atoms with Gasteiger partial charge >= 0.3 is 0 Å². The molecule has 1 heterocycles. The number of amides is 1. The Morgan fingerprint density at radius 1 is 0.923 bits per heavy atom. The molecule has 0 aliphatic carbocycles. The van der Waals surface area contributed by atoms with Crippen LogP contribution in [-0.4, -0.2) is 17.4 Å². The maximum absolute atomic E-state index is 12.9. The van der Waals surface area contributed by atoms with Gasteiger partial charge in [0.2, 0.25) is 0 Å². The molecule has 0 bridgehead atoms. The van der Waals surface area contributed by atoms with Crippen LogP contribution in [0.4, 0.5) is 10.2 Å². The number of aromatic nitrogens is 1. The molecule has 3 rings (SSSR count). The minimum atomic E-state index is -0.232. The van der Waals surface area contributed by atoms with Gasteiger partial charge in [-0.2, -0.15) is 0 Å². The number of benzene rings is 2. The van der Waals surface area contributed by atoms with Gasteiger partial charge in [0.25, 0.3) is 5.91 Å². The maximum Gasteiger partial charge on any atom is 0.253 e. The molecular weight excluding hydrogens is 329 g/mol. The molecule has 5 heteroatoms. The Morgan fingerprint density at radius 2 is 1.69 bits per heavy atom. The molecule has 3 aromatic rings. The molecule has 0 aliphatic heterocycles. The number of nitrogens with one attached hydrogen (secondary N) is 2. The van der Waals surface area contributed by atoms with Crippen LogP contribution in [-0.2, 0) is 13.0 Å². The number of pyridine rings is 1. The van der Waals surface area contributed by atoms with Crippen LogP contribution in [0.25, 0.3) is 0 Å². The maximum atomic E-state index is 12.9. The van der Waals surface area contributed by atoms with E-state index in [0.29, 0.717) is 24.5 Å². The molecule has 0 aliphatic rings. The fourth-order valence-corrected chi connectivity index (χ4v) is 2.50. The predicted molar refractivity (Wildman–Crippen MR) is 100 cm³/mol. The summed E-state index contributed by atoms with van der Waals surface area (Å²) >= 11 is 0. The van der Waals surface area contributed by atoms with E-state index in [0.717, 1.165) is 17.5 Å². The molecule has 132 valence electrons. The van der Waals surface area contributed by atoms with Gasteiger partial charge in [-0.05, 0) is 41.8 Å².